The van der Waals surface area contributed by atoms with E-state index in [1.54, 1.807) is 18.2 Å². The predicted octanol–water partition coefficient (Wildman–Crippen LogP) is 3.08. The first kappa shape index (κ1) is 19.4. The molecule has 0 atom stereocenters. The number of nitrogens with one attached hydrogen (secondary N) is 1. The molecule has 0 aliphatic heterocycles. The maximum Gasteiger partial charge on any atom is 0.273 e. The van der Waals surface area contributed by atoms with Crippen molar-refractivity contribution >= 4 is 17.5 Å². The molecule has 1 aromatic heterocycles. The molecule has 0 saturated carbocycles. The third-order valence-corrected chi connectivity index (χ3v) is 4.10. The molecule has 0 aliphatic rings. The number of hydrogen-bond acceptors (Lipinski definition) is 5. The Balaban J connectivity index is 1.72. The SMILES string of the molecule is CCN(CC)CCOCCNC(=O)c1cc(-c2ccc(Cl)cc2)on1. The van der Waals surface area contributed by atoms with Crippen molar-refractivity contribution in [1.29, 1.82) is 0 Å². The number of aromatic nitrogens is 1. The van der Waals surface area contributed by atoms with Crippen LogP contribution in [0.5, 0.6) is 0 Å². The zero-order valence-electron chi connectivity index (χ0n) is 14.6. The number of carbonyl (C=O) groups is 1. The van der Waals surface area contributed by atoms with Crippen molar-refractivity contribution in [3.63, 3.8) is 0 Å². The van der Waals surface area contributed by atoms with Gasteiger partial charge in [0, 0.05) is 29.7 Å². The minimum absolute atomic E-state index is 0.244. The molecule has 0 fully saturated rings. The zero-order chi connectivity index (χ0) is 18.1. The summed E-state index contributed by atoms with van der Waals surface area (Å²) < 4.78 is 10.7. The van der Waals surface area contributed by atoms with Crippen LogP contribution >= 0.6 is 11.6 Å². The van der Waals surface area contributed by atoms with Crippen molar-refractivity contribution in [3.05, 3.63) is 41.0 Å². The molecule has 0 saturated heterocycles. The molecule has 2 rings (SSSR count). The summed E-state index contributed by atoms with van der Waals surface area (Å²) in [5, 5.41) is 7.22. The van der Waals surface area contributed by atoms with E-state index in [1.165, 1.54) is 0 Å². The second kappa shape index (κ2) is 10.2. The number of ether oxygens (including phenoxy) is 1. The highest BCUT2D eigenvalue weighted by molar-refractivity contribution is 6.30. The topological polar surface area (TPSA) is 67.6 Å². The number of nitrogens with zero attached hydrogens (tertiary/aromatic N) is 2. The molecule has 25 heavy (non-hydrogen) atoms. The molecule has 0 unspecified atom stereocenters. The van der Waals surface area contributed by atoms with Gasteiger partial charge in [-0.25, -0.2) is 0 Å². The summed E-state index contributed by atoms with van der Waals surface area (Å²) in [5.41, 5.74) is 1.06. The quantitative estimate of drug-likeness (QED) is 0.655. The summed E-state index contributed by atoms with van der Waals surface area (Å²) in [5.74, 6) is 0.244. The van der Waals surface area contributed by atoms with Crippen LogP contribution in [0.15, 0.2) is 34.9 Å². The van der Waals surface area contributed by atoms with Gasteiger partial charge in [-0.3, -0.25) is 4.79 Å². The second-order valence-electron chi connectivity index (χ2n) is 5.48. The average Bonchev–Trinajstić information content (AvgIpc) is 3.12. The Morgan fingerprint density at radius 2 is 1.96 bits per heavy atom. The zero-order valence-corrected chi connectivity index (χ0v) is 15.4. The summed E-state index contributed by atoms with van der Waals surface area (Å²) >= 11 is 5.86. The first-order valence-electron chi connectivity index (χ1n) is 8.45. The lowest BCUT2D eigenvalue weighted by Gasteiger charge is -2.17. The van der Waals surface area contributed by atoms with Gasteiger partial charge in [0.1, 0.15) is 0 Å². The van der Waals surface area contributed by atoms with Crippen LogP contribution in [0.2, 0.25) is 5.02 Å². The number of carbonyl (C=O) groups excluding carboxylic acids is 1. The van der Waals surface area contributed by atoms with Gasteiger partial charge < -0.3 is 19.5 Å². The Morgan fingerprint density at radius 3 is 2.64 bits per heavy atom. The summed E-state index contributed by atoms with van der Waals surface area (Å²) in [4.78, 5) is 14.3. The van der Waals surface area contributed by atoms with E-state index in [-0.39, 0.29) is 11.6 Å². The van der Waals surface area contributed by atoms with Crippen molar-refractivity contribution in [2.75, 3.05) is 39.4 Å². The van der Waals surface area contributed by atoms with Crippen LogP contribution in [0.3, 0.4) is 0 Å². The monoisotopic (exact) mass is 365 g/mol. The largest absolute Gasteiger partial charge is 0.378 e. The van der Waals surface area contributed by atoms with Crippen LogP contribution in [0, 0.1) is 0 Å². The number of amides is 1. The van der Waals surface area contributed by atoms with Crippen LogP contribution in [-0.4, -0.2) is 55.4 Å². The van der Waals surface area contributed by atoms with E-state index in [0.29, 0.717) is 30.5 Å². The number of hydrogen-bond donors (Lipinski definition) is 1. The van der Waals surface area contributed by atoms with Crippen molar-refractivity contribution in [2.45, 2.75) is 13.8 Å². The highest BCUT2D eigenvalue weighted by Gasteiger charge is 2.13. The van der Waals surface area contributed by atoms with Gasteiger partial charge in [0.25, 0.3) is 5.91 Å². The standard InChI is InChI=1S/C18H24ClN3O3/c1-3-22(4-2)10-12-24-11-9-20-18(23)16-13-17(25-21-16)14-5-7-15(19)8-6-14/h5-8,13H,3-4,9-12H2,1-2H3,(H,20,23). The summed E-state index contributed by atoms with van der Waals surface area (Å²) in [6.07, 6.45) is 0. The fraction of sp³-hybridized carbons (Fsp3) is 0.444. The third kappa shape index (κ3) is 6.16. The van der Waals surface area contributed by atoms with Gasteiger partial charge in [0.05, 0.1) is 13.2 Å². The van der Waals surface area contributed by atoms with E-state index < -0.39 is 0 Å². The maximum atomic E-state index is 12.1. The van der Waals surface area contributed by atoms with Gasteiger partial charge in [0.15, 0.2) is 11.5 Å². The molecule has 1 amide bonds. The molecule has 136 valence electrons. The molecule has 0 radical (unpaired) electrons. The molecular formula is C18H24ClN3O3. The van der Waals surface area contributed by atoms with E-state index in [4.69, 9.17) is 20.9 Å². The molecule has 6 nitrogen and oxygen atoms in total. The molecule has 1 heterocycles. The molecule has 0 bridgehead atoms. The Bertz CT molecular complexity index is 654. The van der Waals surface area contributed by atoms with Crippen LogP contribution in [0.25, 0.3) is 11.3 Å². The molecule has 2 aromatic rings. The summed E-state index contributed by atoms with van der Waals surface area (Å²) in [7, 11) is 0. The Morgan fingerprint density at radius 1 is 1.24 bits per heavy atom. The lowest BCUT2D eigenvalue weighted by molar-refractivity contribution is 0.0877. The number of benzene rings is 1. The molecule has 0 spiro atoms. The van der Waals surface area contributed by atoms with Crippen molar-refractivity contribution < 1.29 is 14.1 Å². The van der Waals surface area contributed by atoms with Crippen molar-refractivity contribution in [1.82, 2.24) is 15.4 Å². The Hall–Kier alpha value is -1.89. The van der Waals surface area contributed by atoms with Crippen LogP contribution in [0.1, 0.15) is 24.3 Å². The molecule has 1 aromatic carbocycles. The first-order chi connectivity index (χ1) is 12.1. The van der Waals surface area contributed by atoms with E-state index >= 15 is 0 Å². The smallest absolute Gasteiger partial charge is 0.273 e. The lowest BCUT2D eigenvalue weighted by Crippen LogP contribution is -2.30. The van der Waals surface area contributed by atoms with Crippen molar-refractivity contribution in [3.8, 4) is 11.3 Å². The minimum atomic E-state index is -0.281. The predicted molar refractivity (Wildman–Crippen MR) is 97.9 cm³/mol. The number of halogens is 1. The van der Waals surface area contributed by atoms with Gasteiger partial charge in [-0.2, -0.15) is 0 Å². The molecular weight excluding hydrogens is 342 g/mol. The first-order valence-corrected chi connectivity index (χ1v) is 8.82. The van der Waals surface area contributed by atoms with Crippen LogP contribution < -0.4 is 5.32 Å². The molecule has 1 N–H and O–H groups in total. The normalized spacial score (nSPS) is 11.0. The fourth-order valence-corrected chi connectivity index (χ4v) is 2.42. The van der Waals surface area contributed by atoms with Gasteiger partial charge in [-0.15, -0.1) is 0 Å². The number of likely N-dealkylation sites (N-methyl/N-ethyl adjacent to an activating group) is 1. The van der Waals surface area contributed by atoms with Crippen LogP contribution in [0.4, 0.5) is 0 Å². The highest BCUT2D eigenvalue weighted by Crippen LogP contribution is 2.22. The van der Waals surface area contributed by atoms with Crippen molar-refractivity contribution in [2.24, 2.45) is 0 Å². The highest BCUT2D eigenvalue weighted by atomic mass is 35.5. The van der Waals surface area contributed by atoms with E-state index in [0.717, 1.165) is 25.2 Å². The van der Waals surface area contributed by atoms with Gasteiger partial charge in [0.2, 0.25) is 0 Å². The minimum Gasteiger partial charge on any atom is -0.378 e. The molecule has 0 aliphatic carbocycles. The molecule has 7 heteroatoms. The maximum absolute atomic E-state index is 12.1. The lowest BCUT2D eigenvalue weighted by atomic mass is 10.1. The average molecular weight is 366 g/mol. The summed E-state index contributed by atoms with van der Waals surface area (Å²) in [6, 6.07) is 8.76. The Kier molecular flexibility index (Phi) is 7.91. The Labute approximate surface area is 153 Å². The van der Waals surface area contributed by atoms with Gasteiger partial charge >= 0.3 is 0 Å². The van der Waals surface area contributed by atoms with E-state index in [9.17, 15) is 4.79 Å². The number of rotatable bonds is 10. The fourth-order valence-electron chi connectivity index (χ4n) is 2.30. The van der Waals surface area contributed by atoms with E-state index in [2.05, 4.69) is 29.2 Å². The van der Waals surface area contributed by atoms with Crippen LogP contribution in [-0.2, 0) is 4.74 Å². The third-order valence-electron chi connectivity index (χ3n) is 3.85. The summed E-state index contributed by atoms with van der Waals surface area (Å²) in [6.45, 7) is 8.73. The van der Waals surface area contributed by atoms with Gasteiger partial charge in [-0.05, 0) is 37.4 Å². The second-order valence-corrected chi connectivity index (χ2v) is 5.91. The van der Waals surface area contributed by atoms with E-state index in [1.807, 2.05) is 12.1 Å². The van der Waals surface area contributed by atoms with Gasteiger partial charge in [-0.1, -0.05) is 30.6 Å².